The number of nitrogens with one attached hydrogen (secondary N) is 2. The van der Waals surface area contributed by atoms with E-state index in [1.54, 1.807) is 0 Å². The molecule has 0 radical (unpaired) electrons. The lowest BCUT2D eigenvalue weighted by Gasteiger charge is -2.13. The number of amidine groups is 1. The molecule has 0 amide bonds. The molecule has 0 saturated carbocycles. The number of alkyl halides is 3. The summed E-state index contributed by atoms with van der Waals surface area (Å²) < 4.78 is 40.1. The summed E-state index contributed by atoms with van der Waals surface area (Å²) in [5, 5.41) is 13.3. The molecule has 0 spiro atoms. The molecule has 4 N–H and O–H groups in total. The molecule has 21 heavy (non-hydrogen) atoms. The number of aromatic amines is 1. The van der Waals surface area contributed by atoms with Gasteiger partial charge >= 0.3 is 11.9 Å². The molecule has 0 unspecified atom stereocenters. The van der Waals surface area contributed by atoms with Crippen LogP contribution < -0.4 is 11.4 Å². The van der Waals surface area contributed by atoms with Gasteiger partial charge in [-0.15, -0.1) is 5.10 Å². The van der Waals surface area contributed by atoms with E-state index in [9.17, 15) is 18.0 Å². The molecule has 1 aromatic heterocycles. The van der Waals surface area contributed by atoms with Crippen LogP contribution in [0.2, 0.25) is 0 Å². The van der Waals surface area contributed by atoms with Gasteiger partial charge in [0.05, 0.1) is 5.56 Å². The highest BCUT2D eigenvalue weighted by molar-refractivity contribution is 7.99. The van der Waals surface area contributed by atoms with E-state index in [-0.39, 0.29) is 15.6 Å². The fourth-order valence-corrected chi connectivity index (χ4v) is 2.42. The van der Waals surface area contributed by atoms with Gasteiger partial charge in [0.15, 0.2) is 5.16 Å². The number of nitrogens with zero attached hydrogens (tertiary/aromatic N) is 2. The van der Waals surface area contributed by atoms with Gasteiger partial charge in [-0.25, -0.2) is 9.89 Å². The van der Waals surface area contributed by atoms with Crippen LogP contribution in [0.4, 0.5) is 13.2 Å². The highest BCUT2D eigenvalue weighted by Gasteiger charge is 2.34. The fraction of sp³-hybridized carbons (Fsp3) is 0.182. The predicted molar refractivity (Wildman–Crippen MR) is 70.4 cm³/mol. The standard InChI is InChI=1S/C11H10F3N5OS/c1-19-9(20)17-18-10(19)21-5-2-3-6(8(15)16)7(4-5)11(12,13)14/h2-4H,1H3,(H3,15,16)(H,17,20). The summed E-state index contributed by atoms with van der Waals surface area (Å²) in [6.45, 7) is 0. The number of H-pyrrole nitrogens is 1. The Bertz CT molecular complexity index is 749. The number of nitrogen functional groups attached to an aromatic ring is 1. The lowest BCUT2D eigenvalue weighted by Crippen LogP contribution is -2.18. The number of nitrogens with two attached hydrogens (primary N) is 1. The van der Waals surface area contributed by atoms with Crippen LogP contribution in [0.25, 0.3) is 0 Å². The van der Waals surface area contributed by atoms with Crippen molar-refractivity contribution in [2.24, 2.45) is 12.8 Å². The minimum absolute atomic E-state index is 0.226. The molecule has 0 fully saturated rings. The number of halogens is 3. The first-order chi connectivity index (χ1) is 9.70. The first kappa shape index (κ1) is 15.2. The van der Waals surface area contributed by atoms with E-state index < -0.39 is 23.3 Å². The Morgan fingerprint density at radius 2 is 2.14 bits per heavy atom. The van der Waals surface area contributed by atoms with Crippen LogP contribution in [0.1, 0.15) is 11.1 Å². The Labute approximate surface area is 120 Å². The van der Waals surface area contributed by atoms with Gasteiger partial charge in [-0.1, -0.05) is 0 Å². The van der Waals surface area contributed by atoms with Gasteiger partial charge in [0, 0.05) is 17.5 Å². The van der Waals surface area contributed by atoms with E-state index in [1.165, 1.54) is 17.7 Å². The Morgan fingerprint density at radius 1 is 1.48 bits per heavy atom. The molecule has 1 heterocycles. The van der Waals surface area contributed by atoms with Crippen molar-refractivity contribution in [3.8, 4) is 0 Å². The molecule has 0 saturated heterocycles. The molecule has 112 valence electrons. The Hall–Kier alpha value is -2.23. The predicted octanol–water partition coefficient (Wildman–Crippen LogP) is 1.56. The molecule has 2 rings (SSSR count). The summed E-state index contributed by atoms with van der Waals surface area (Å²) >= 11 is 0.895. The second kappa shape index (κ2) is 5.28. The third-order valence-corrected chi connectivity index (χ3v) is 3.67. The SMILES string of the molecule is Cn1c(Sc2ccc(C(=N)N)c(C(F)(F)F)c2)n[nH]c1=O. The zero-order valence-corrected chi connectivity index (χ0v) is 11.5. The lowest BCUT2D eigenvalue weighted by atomic mass is 10.1. The van der Waals surface area contributed by atoms with Crippen molar-refractivity contribution >= 4 is 17.6 Å². The molecule has 0 aliphatic rings. The van der Waals surface area contributed by atoms with E-state index in [1.807, 2.05) is 0 Å². The van der Waals surface area contributed by atoms with E-state index in [4.69, 9.17) is 11.1 Å². The van der Waals surface area contributed by atoms with Crippen LogP contribution in [0.5, 0.6) is 0 Å². The van der Waals surface area contributed by atoms with Gasteiger partial charge in [0.2, 0.25) is 0 Å². The van der Waals surface area contributed by atoms with Crippen LogP contribution in [-0.2, 0) is 13.2 Å². The Morgan fingerprint density at radius 3 is 2.62 bits per heavy atom. The molecule has 1 aromatic carbocycles. The quantitative estimate of drug-likeness (QED) is 0.591. The van der Waals surface area contributed by atoms with E-state index in [0.717, 1.165) is 23.9 Å². The van der Waals surface area contributed by atoms with Crippen LogP contribution >= 0.6 is 11.8 Å². The molecule has 6 nitrogen and oxygen atoms in total. The van der Waals surface area contributed by atoms with Crippen LogP contribution in [0, 0.1) is 5.41 Å². The first-order valence-corrected chi connectivity index (χ1v) is 6.36. The number of rotatable bonds is 3. The molecule has 10 heteroatoms. The smallest absolute Gasteiger partial charge is 0.384 e. The van der Waals surface area contributed by atoms with Crippen molar-refractivity contribution in [1.82, 2.24) is 14.8 Å². The van der Waals surface area contributed by atoms with Crippen molar-refractivity contribution in [2.75, 3.05) is 0 Å². The van der Waals surface area contributed by atoms with Crippen LogP contribution in [0.3, 0.4) is 0 Å². The monoisotopic (exact) mass is 317 g/mol. The number of hydrogen-bond donors (Lipinski definition) is 3. The van der Waals surface area contributed by atoms with Crippen molar-refractivity contribution in [1.29, 1.82) is 5.41 Å². The van der Waals surface area contributed by atoms with Crippen molar-refractivity contribution in [3.63, 3.8) is 0 Å². The van der Waals surface area contributed by atoms with Crippen molar-refractivity contribution < 1.29 is 13.2 Å². The zero-order valence-electron chi connectivity index (χ0n) is 10.7. The van der Waals surface area contributed by atoms with Gasteiger partial charge in [-0.3, -0.25) is 9.98 Å². The van der Waals surface area contributed by atoms with E-state index in [0.29, 0.717) is 0 Å². The average Bonchev–Trinajstić information content (AvgIpc) is 2.69. The van der Waals surface area contributed by atoms with Crippen LogP contribution in [0.15, 0.2) is 33.0 Å². The highest BCUT2D eigenvalue weighted by atomic mass is 32.2. The molecule has 0 atom stereocenters. The largest absolute Gasteiger partial charge is 0.417 e. The van der Waals surface area contributed by atoms with E-state index in [2.05, 4.69) is 10.2 Å². The minimum atomic E-state index is -4.63. The van der Waals surface area contributed by atoms with Gasteiger partial charge in [-0.2, -0.15) is 13.2 Å². The lowest BCUT2D eigenvalue weighted by molar-refractivity contribution is -0.137. The Kier molecular flexibility index (Phi) is 3.81. The summed E-state index contributed by atoms with van der Waals surface area (Å²) in [6, 6.07) is 3.38. The van der Waals surface area contributed by atoms with Crippen LogP contribution in [-0.4, -0.2) is 20.6 Å². The summed E-state index contributed by atoms with van der Waals surface area (Å²) in [7, 11) is 1.45. The van der Waals surface area contributed by atoms with Crippen molar-refractivity contribution in [3.05, 3.63) is 39.8 Å². The summed E-state index contributed by atoms with van der Waals surface area (Å²) in [4.78, 5) is 11.4. The summed E-state index contributed by atoms with van der Waals surface area (Å²) in [6.07, 6.45) is -4.63. The van der Waals surface area contributed by atoms with Gasteiger partial charge < -0.3 is 5.73 Å². The fourth-order valence-electron chi connectivity index (χ4n) is 1.59. The molecular weight excluding hydrogens is 307 g/mol. The summed E-state index contributed by atoms with van der Waals surface area (Å²) in [5.41, 5.74) is 3.31. The topological polar surface area (TPSA) is 101 Å². The van der Waals surface area contributed by atoms with Gasteiger partial charge in [0.25, 0.3) is 0 Å². The molecule has 2 aromatic rings. The number of hydrogen-bond acceptors (Lipinski definition) is 4. The molecular formula is C11H10F3N5OS. The van der Waals surface area contributed by atoms with E-state index >= 15 is 0 Å². The highest BCUT2D eigenvalue weighted by Crippen LogP contribution is 2.35. The maximum Gasteiger partial charge on any atom is 0.417 e. The van der Waals surface area contributed by atoms with Gasteiger partial charge in [0.1, 0.15) is 5.84 Å². The maximum atomic E-state index is 13.0. The molecule has 0 aliphatic heterocycles. The second-order valence-corrected chi connectivity index (χ2v) is 5.13. The van der Waals surface area contributed by atoms with Crippen molar-refractivity contribution in [2.45, 2.75) is 16.2 Å². The zero-order chi connectivity index (χ0) is 15.8. The Balaban J connectivity index is 2.45. The normalized spacial score (nSPS) is 11.6. The number of benzene rings is 1. The third-order valence-electron chi connectivity index (χ3n) is 2.63. The van der Waals surface area contributed by atoms with Gasteiger partial charge in [-0.05, 0) is 30.0 Å². The summed E-state index contributed by atoms with van der Waals surface area (Å²) in [5.74, 6) is -0.661. The maximum absolute atomic E-state index is 13.0. The minimum Gasteiger partial charge on any atom is -0.384 e. The molecule has 0 aliphatic carbocycles. The number of aromatic nitrogens is 3. The average molecular weight is 317 g/mol. The third kappa shape index (κ3) is 3.10. The molecule has 0 bridgehead atoms. The first-order valence-electron chi connectivity index (χ1n) is 5.55. The second-order valence-electron chi connectivity index (χ2n) is 4.09.